The molecule has 2 N–H and O–H groups in total. The highest BCUT2D eigenvalue weighted by molar-refractivity contribution is 9.10. The summed E-state index contributed by atoms with van der Waals surface area (Å²) < 4.78 is 0.578. The fourth-order valence-electron chi connectivity index (χ4n) is 2.33. The third-order valence-electron chi connectivity index (χ3n) is 3.46. The van der Waals surface area contributed by atoms with E-state index in [0.29, 0.717) is 10.0 Å². The normalized spacial score (nSPS) is 23.7. The molecule has 0 bridgehead atoms. The number of hydrogen-bond acceptors (Lipinski definition) is 2. The molecule has 1 amide bonds. The molecule has 1 aliphatic rings. The first-order valence-corrected chi connectivity index (χ1v) is 7.74. The van der Waals surface area contributed by atoms with Crippen molar-refractivity contribution in [1.29, 1.82) is 0 Å². The van der Waals surface area contributed by atoms with Gasteiger partial charge in [-0.15, -0.1) is 11.6 Å². The Morgan fingerprint density at radius 1 is 1.32 bits per heavy atom. The molecule has 1 aromatic carbocycles. The number of alkyl halides is 1. The highest BCUT2D eigenvalue weighted by Gasteiger charge is 2.23. The van der Waals surface area contributed by atoms with Gasteiger partial charge >= 0.3 is 0 Å². The molecule has 2 atom stereocenters. The van der Waals surface area contributed by atoms with E-state index in [0.717, 1.165) is 25.7 Å². The van der Waals surface area contributed by atoms with Crippen LogP contribution in [0, 0.1) is 0 Å². The Bertz CT molecular complexity index is 467. The van der Waals surface area contributed by atoms with Gasteiger partial charge in [0.2, 0.25) is 0 Å². The van der Waals surface area contributed by atoms with Gasteiger partial charge in [-0.1, -0.05) is 19.3 Å². The average Bonchev–Trinajstić information content (AvgIpc) is 2.58. The second-order valence-electron chi connectivity index (χ2n) is 4.90. The van der Waals surface area contributed by atoms with E-state index in [1.165, 1.54) is 12.5 Å². The van der Waals surface area contributed by atoms with Crippen molar-refractivity contribution in [2.75, 3.05) is 0 Å². The first-order valence-electron chi connectivity index (χ1n) is 6.51. The van der Waals surface area contributed by atoms with Gasteiger partial charge in [0, 0.05) is 11.6 Å². The molecule has 0 saturated heterocycles. The van der Waals surface area contributed by atoms with Gasteiger partial charge in [0.1, 0.15) is 5.75 Å². The minimum Gasteiger partial charge on any atom is -0.507 e. The van der Waals surface area contributed by atoms with Crippen LogP contribution in [-0.2, 0) is 0 Å². The summed E-state index contributed by atoms with van der Waals surface area (Å²) in [6.45, 7) is 0. The molecule has 0 aliphatic heterocycles. The van der Waals surface area contributed by atoms with E-state index in [1.54, 1.807) is 12.1 Å². The zero-order chi connectivity index (χ0) is 13.8. The SMILES string of the molecule is O=C(NC1CCCCCC1Cl)c1ccc(Br)c(O)c1. The van der Waals surface area contributed by atoms with Crippen LogP contribution >= 0.6 is 27.5 Å². The van der Waals surface area contributed by atoms with Crippen LogP contribution in [0.1, 0.15) is 42.5 Å². The van der Waals surface area contributed by atoms with Gasteiger partial charge in [-0.2, -0.15) is 0 Å². The van der Waals surface area contributed by atoms with Gasteiger partial charge < -0.3 is 10.4 Å². The number of benzene rings is 1. The fraction of sp³-hybridized carbons (Fsp3) is 0.500. The summed E-state index contributed by atoms with van der Waals surface area (Å²) in [6, 6.07) is 4.82. The van der Waals surface area contributed by atoms with Crippen LogP contribution in [0.3, 0.4) is 0 Å². The van der Waals surface area contributed by atoms with Crippen LogP contribution in [0.25, 0.3) is 0 Å². The molecule has 19 heavy (non-hydrogen) atoms. The Kier molecular flexibility index (Phi) is 5.11. The molecule has 0 aromatic heterocycles. The van der Waals surface area contributed by atoms with Crippen LogP contribution in [0.15, 0.2) is 22.7 Å². The molecule has 0 spiro atoms. The Balaban J connectivity index is 2.05. The molecule has 0 radical (unpaired) electrons. The number of hydrogen-bond donors (Lipinski definition) is 2. The first-order chi connectivity index (χ1) is 9.08. The summed E-state index contributed by atoms with van der Waals surface area (Å²) in [5.74, 6) is -0.115. The van der Waals surface area contributed by atoms with Crippen molar-refractivity contribution in [2.24, 2.45) is 0 Å². The molecule has 1 fully saturated rings. The van der Waals surface area contributed by atoms with E-state index in [-0.39, 0.29) is 23.1 Å². The largest absolute Gasteiger partial charge is 0.507 e. The number of halogens is 2. The molecule has 1 aliphatic carbocycles. The van der Waals surface area contributed by atoms with Crippen molar-refractivity contribution >= 4 is 33.4 Å². The summed E-state index contributed by atoms with van der Waals surface area (Å²) in [5.41, 5.74) is 0.453. The number of nitrogens with one attached hydrogen (secondary N) is 1. The van der Waals surface area contributed by atoms with E-state index >= 15 is 0 Å². The van der Waals surface area contributed by atoms with Gasteiger partial charge in [0.25, 0.3) is 5.91 Å². The van der Waals surface area contributed by atoms with Crippen molar-refractivity contribution in [2.45, 2.75) is 43.5 Å². The van der Waals surface area contributed by atoms with Crippen molar-refractivity contribution in [1.82, 2.24) is 5.32 Å². The predicted molar refractivity (Wildman–Crippen MR) is 79.8 cm³/mol. The van der Waals surface area contributed by atoms with Gasteiger partial charge in [0.15, 0.2) is 0 Å². The second-order valence-corrected chi connectivity index (χ2v) is 6.32. The molecule has 5 heteroatoms. The molecule has 1 aromatic rings. The minimum absolute atomic E-state index is 0.00417. The molecule has 104 valence electrons. The highest BCUT2D eigenvalue weighted by atomic mass is 79.9. The lowest BCUT2D eigenvalue weighted by molar-refractivity contribution is 0.0933. The quantitative estimate of drug-likeness (QED) is 0.631. The lowest BCUT2D eigenvalue weighted by atomic mass is 10.1. The van der Waals surface area contributed by atoms with Gasteiger partial charge in [-0.05, 0) is 47.0 Å². The third kappa shape index (κ3) is 3.86. The zero-order valence-electron chi connectivity index (χ0n) is 10.5. The van der Waals surface area contributed by atoms with E-state index in [9.17, 15) is 9.90 Å². The predicted octanol–water partition coefficient (Wildman–Crippen LogP) is 3.82. The highest BCUT2D eigenvalue weighted by Crippen LogP contribution is 2.25. The number of phenols is 1. The topological polar surface area (TPSA) is 49.3 Å². The maximum atomic E-state index is 12.1. The van der Waals surface area contributed by atoms with Crippen LogP contribution in [0.5, 0.6) is 5.75 Å². The van der Waals surface area contributed by atoms with Crippen molar-refractivity contribution in [3.63, 3.8) is 0 Å². The summed E-state index contributed by atoms with van der Waals surface area (Å²) in [4.78, 5) is 12.1. The van der Waals surface area contributed by atoms with Crippen LogP contribution in [0.2, 0.25) is 0 Å². The maximum Gasteiger partial charge on any atom is 0.251 e. The lowest BCUT2D eigenvalue weighted by Crippen LogP contribution is -2.40. The second kappa shape index (κ2) is 6.62. The Hall–Kier alpha value is -0.740. The summed E-state index contributed by atoms with van der Waals surface area (Å²) in [5, 5.41) is 12.6. The van der Waals surface area contributed by atoms with E-state index < -0.39 is 0 Å². The Morgan fingerprint density at radius 3 is 2.79 bits per heavy atom. The van der Waals surface area contributed by atoms with E-state index in [1.807, 2.05) is 0 Å². The molecular formula is C14H17BrClNO2. The van der Waals surface area contributed by atoms with Gasteiger partial charge in [0.05, 0.1) is 9.85 Å². The molecule has 3 nitrogen and oxygen atoms in total. The van der Waals surface area contributed by atoms with Crippen LogP contribution < -0.4 is 5.32 Å². The lowest BCUT2D eigenvalue weighted by Gasteiger charge is -2.21. The standard InChI is InChI=1S/C14H17BrClNO2/c15-10-7-6-9(8-13(10)18)14(19)17-12-5-3-1-2-4-11(12)16/h6-8,11-12,18H,1-5H2,(H,17,19). The van der Waals surface area contributed by atoms with Crippen molar-refractivity contribution in [3.05, 3.63) is 28.2 Å². The van der Waals surface area contributed by atoms with Gasteiger partial charge in [-0.3, -0.25) is 4.79 Å². The van der Waals surface area contributed by atoms with Crippen LogP contribution in [-0.4, -0.2) is 22.4 Å². The average molecular weight is 347 g/mol. The summed E-state index contributed by atoms with van der Waals surface area (Å²) in [6.07, 6.45) is 5.26. The van der Waals surface area contributed by atoms with Gasteiger partial charge in [-0.25, -0.2) is 0 Å². The first kappa shape index (κ1) is 14.7. The van der Waals surface area contributed by atoms with Crippen molar-refractivity contribution in [3.8, 4) is 5.75 Å². The smallest absolute Gasteiger partial charge is 0.251 e. The fourth-order valence-corrected chi connectivity index (χ4v) is 2.92. The zero-order valence-corrected chi connectivity index (χ0v) is 12.9. The van der Waals surface area contributed by atoms with E-state index in [2.05, 4.69) is 21.2 Å². The Morgan fingerprint density at radius 2 is 2.05 bits per heavy atom. The molecule has 2 unspecified atom stereocenters. The maximum absolute atomic E-state index is 12.1. The molecular weight excluding hydrogens is 330 g/mol. The number of amides is 1. The number of carbonyl (C=O) groups excluding carboxylic acids is 1. The number of carbonyl (C=O) groups is 1. The molecule has 0 heterocycles. The molecule has 1 saturated carbocycles. The Labute approximate surface area is 126 Å². The van der Waals surface area contributed by atoms with Crippen LogP contribution in [0.4, 0.5) is 0 Å². The van der Waals surface area contributed by atoms with E-state index in [4.69, 9.17) is 11.6 Å². The number of aromatic hydroxyl groups is 1. The summed E-state index contributed by atoms with van der Waals surface area (Å²) >= 11 is 9.50. The third-order valence-corrected chi connectivity index (χ3v) is 4.65. The van der Waals surface area contributed by atoms with Crippen molar-refractivity contribution < 1.29 is 9.90 Å². The minimum atomic E-state index is -0.180. The monoisotopic (exact) mass is 345 g/mol. The number of rotatable bonds is 2. The molecule has 2 rings (SSSR count). The number of phenolic OH excluding ortho intramolecular Hbond substituents is 1. The summed E-state index contributed by atoms with van der Waals surface area (Å²) in [7, 11) is 0.